The molecule has 0 saturated heterocycles. The van der Waals surface area contributed by atoms with Crippen molar-refractivity contribution in [3.63, 3.8) is 0 Å². The summed E-state index contributed by atoms with van der Waals surface area (Å²) in [5.74, 6) is -0.600. The first-order valence-corrected chi connectivity index (χ1v) is 8.14. The molecule has 2 aromatic rings. The standard InChI is InChI=1S/C20H21NO7/c1-25-15-8-6-5-7-12(15)9-14(20(23)24)21-19(22)13-10-16(26-2)18(28-4)17(11-13)27-3/h5-11H,1-4H3,(H,21,22)(H,23,24)/b14-9+. The van der Waals surface area contributed by atoms with Gasteiger partial charge in [-0.15, -0.1) is 0 Å². The molecule has 0 spiro atoms. The highest BCUT2D eigenvalue weighted by Gasteiger charge is 2.19. The Morgan fingerprint density at radius 2 is 1.46 bits per heavy atom. The minimum Gasteiger partial charge on any atom is -0.496 e. The van der Waals surface area contributed by atoms with Crippen molar-refractivity contribution in [1.29, 1.82) is 0 Å². The lowest BCUT2D eigenvalue weighted by molar-refractivity contribution is -0.132. The zero-order valence-corrected chi connectivity index (χ0v) is 15.9. The molecule has 0 heterocycles. The number of carboxylic acids is 1. The van der Waals surface area contributed by atoms with Crippen molar-refractivity contribution in [2.24, 2.45) is 0 Å². The van der Waals surface area contributed by atoms with Crippen LogP contribution in [-0.4, -0.2) is 45.4 Å². The number of ether oxygens (including phenoxy) is 4. The third-order valence-electron chi connectivity index (χ3n) is 3.84. The first-order chi connectivity index (χ1) is 13.4. The Hall–Kier alpha value is -3.68. The number of hydrogen-bond donors (Lipinski definition) is 2. The van der Waals surface area contributed by atoms with Crippen LogP contribution in [0.3, 0.4) is 0 Å². The summed E-state index contributed by atoms with van der Waals surface area (Å²) in [6, 6.07) is 9.71. The Bertz CT molecular complexity index is 880. The monoisotopic (exact) mass is 387 g/mol. The van der Waals surface area contributed by atoms with Gasteiger partial charge in [0.2, 0.25) is 5.75 Å². The molecule has 0 radical (unpaired) electrons. The molecular weight excluding hydrogens is 366 g/mol. The molecule has 0 unspecified atom stereocenters. The van der Waals surface area contributed by atoms with E-state index < -0.39 is 11.9 Å². The van der Waals surface area contributed by atoms with Gasteiger partial charge in [0.15, 0.2) is 11.5 Å². The smallest absolute Gasteiger partial charge is 0.352 e. The highest BCUT2D eigenvalue weighted by atomic mass is 16.5. The quantitative estimate of drug-likeness (QED) is 0.671. The zero-order chi connectivity index (χ0) is 20.7. The summed E-state index contributed by atoms with van der Waals surface area (Å²) < 4.78 is 20.9. The molecule has 28 heavy (non-hydrogen) atoms. The van der Waals surface area contributed by atoms with Crippen molar-refractivity contribution in [3.05, 3.63) is 53.2 Å². The molecule has 0 aromatic heterocycles. The fraction of sp³-hybridized carbons (Fsp3) is 0.200. The van der Waals surface area contributed by atoms with E-state index in [4.69, 9.17) is 18.9 Å². The number of carbonyl (C=O) groups is 2. The molecule has 2 N–H and O–H groups in total. The molecule has 8 nitrogen and oxygen atoms in total. The predicted molar refractivity (Wildman–Crippen MR) is 102 cm³/mol. The van der Waals surface area contributed by atoms with E-state index in [0.29, 0.717) is 17.1 Å². The van der Waals surface area contributed by atoms with Gasteiger partial charge in [0.05, 0.1) is 28.4 Å². The SMILES string of the molecule is COc1ccccc1/C=C(/NC(=O)c1cc(OC)c(OC)c(OC)c1)C(=O)O. The van der Waals surface area contributed by atoms with Crippen LogP contribution in [0, 0.1) is 0 Å². The van der Waals surface area contributed by atoms with Gasteiger partial charge in [0, 0.05) is 11.1 Å². The van der Waals surface area contributed by atoms with Crippen LogP contribution < -0.4 is 24.3 Å². The maximum Gasteiger partial charge on any atom is 0.352 e. The molecule has 0 atom stereocenters. The van der Waals surface area contributed by atoms with E-state index in [0.717, 1.165) is 0 Å². The van der Waals surface area contributed by atoms with E-state index in [-0.39, 0.29) is 22.8 Å². The van der Waals surface area contributed by atoms with Gasteiger partial charge in [-0.2, -0.15) is 0 Å². The Labute approximate surface area is 162 Å². The van der Waals surface area contributed by atoms with Crippen LogP contribution in [0.5, 0.6) is 23.0 Å². The number of aliphatic carboxylic acids is 1. The van der Waals surface area contributed by atoms with Crippen molar-refractivity contribution in [1.82, 2.24) is 5.32 Å². The Morgan fingerprint density at radius 1 is 0.893 bits per heavy atom. The highest BCUT2D eigenvalue weighted by Crippen LogP contribution is 2.38. The first-order valence-electron chi connectivity index (χ1n) is 8.14. The second-order valence-electron chi connectivity index (χ2n) is 5.47. The zero-order valence-electron chi connectivity index (χ0n) is 15.9. The molecule has 0 aliphatic carbocycles. The van der Waals surface area contributed by atoms with E-state index in [1.807, 2.05) is 0 Å². The number of para-hydroxylation sites is 1. The largest absolute Gasteiger partial charge is 0.496 e. The summed E-state index contributed by atoms with van der Waals surface area (Å²) >= 11 is 0. The van der Waals surface area contributed by atoms with Gasteiger partial charge in [-0.1, -0.05) is 18.2 Å². The molecular formula is C20H21NO7. The maximum absolute atomic E-state index is 12.6. The summed E-state index contributed by atoms with van der Waals surface area (Å²) in [5, 5.41) is 11.9. The van der Waals surface area contributed by atoms with Crippen molar-refractivity contribution in [2.45, 2.75) is 0 Å². The number of benzene rings is 2. The van der Waals surface area contributed by atoms with Crippen LogP contribution in [0.4, 0.5) is 0 Å². The predicted octanol–water partition coefficient (Wildman–Crippen LogP) is 2.58. The Kier molecular flexibility index (Phi) is 6.86. The molecule has 1 amide bonds. The fourth-order valence-electron chi connectivity index (χ4n) is 2.50. The fourth-order valence-corrected chi connectivity index (χ4v) is 2.50. The van der Waals surface area contributed by atoms with Gasteiger partial charge < -0.3 is 29.4 Å². The van der Waals surface area contributed by atoms with E-state index in [1.165, 1.54) is 46.6 Å². The van der Waals surface area contributed by atoms with Crippen LogP contribution in [0.25, 0.3) is 6.08 Å². The van der Waals surface area contributed by atoms with Crippen LogP contribution in [-0.2, 0) is 4.79 Å². The lowest BCUT2D eigenvalue weighted by atomic mass is 10.1. The summed E-state index contributed by atoms with van der Waals surface area (Å²) in [7, 11) is 5.76. The lowest BCUT2D eigenvalue weighted by Crippen LogP contribution is -2.27. The number of rotatable bonds is 8. The topological polar surface area (TPSA) is 103 Å². The van der Waals surface area contributed by atoms with E-state index in [2.05, 4.69) is 5.32 Å². The minimum atomic E-state index is -1.30. The van der Waals surface area contributed by atoms with Gasteiger partial charge in [0.25, 0.3) is 5.91 Å². The molecule has 0 bridgehead atoms. The average molecular weight is 387 g/mol. The Balaban J connectivity index is 2.40. The van der Waals surface area contributed by atoms with Crippen LogP contribution in [0.2, 0.25) is 0 Å². The normalized spacial score (nSPS) is 10.8. The maximum atomic E-state index is 12.6. The molecule has 0 saturated carbocycles. The van der Waals surface area contributed by atoms with Gasteiger partial charge in [-0.25, -0.2) is 4.79 Å². The van der Waals surface area contributed by atoms with Gasteiger partial charge in [-0.3, -0.25) is 4.79 Å². The van der Waals surface area contributed by atoms with Crippen molar-refractivity contribution < 1.29 is 33.6 Å². The number of methoxy groups -OCH3 is 4. The molecule has 0 aliphatic rings. The van der Waals surface area contributed by atoms with Gasteiger partial charge in [-0.05, 0) is 24.3 Å². The molecule has 2 rings (SSSR count). The number of hydrogen-bond acceptors (Lipinski definition) is 6. The third kappa shape index (κ3) is 4.53. The number of amides is 1. The second-order valence-corrected chi connectivity index (χ2v) is 5.47. The van der Waals surface area contributed by atoms with Crippen molar-refractivity contribution in [3.8, 4) is 23.0 Å². The van der Waals surface area contributed by atoms with Crippen LogP contribution in [0.1, 0.15) is 15.9 Å². The molecule has 2 aromatic carbocycles. The highest BCUT2D eigenvalue weighted by molar-refractivity contribution is 6.03. The summed E-state index contributed by atoms with van der Waals surface area (Å²) in [6.07, 6.45) is 1.32. The molecule has 0 fully saturated rings. The number of carboxylic acid groups (broad SMARTS) is 1. The van der Waals surface area contributed by atoms with E-state index in [9.17, 15) is 14.7 Å². The van der Waals surface area contributed by atoms with E-state index in [1.54, 1.807) is 24.3 Å². The van der Waals surface area contributed by atoms with Gasteiger partial charge in [0.1, 0.15) is 11.4 Å². The van der Waals surface area contributed by atoms with Crippen LogP contribution >= 0.6 is 0 Å². The Morgan fingerprint density at radius 3 is 1.96 bits per heavy atom. The van der Waals surface area contributed by atoms with Crippen LogP contribution in [0.15, 0.2) is 42.1 Å². The molecule has 148 valence electrons. The van der Waals surface area contributed by atoms with E-state index >= 15 is 0 Å². The molecule has 0 aliphatic heterocycles. The number of nitrogens with one attached hydrogen (secondary N) is 1. The summed E-state index contributed by atoms with van der Waals surface area (Å²) in [5.41, 5.74) is 0.331. The third-order valence-corrected chi connectivity index (χ3v) is 3.84. The first kappa shape index (κ1) is 20.6. The summed E-state index contributed by atoms with van der Waals surface area (Å²) in [4.78, 5) is 24.3. The van der Waals surface area contributed by atoms with Crippen molar-refractivity contribution in [2.75, 3.05) is 28.4 Å². The summed E-state index contributed by atoms with van der Waals surface area (Å²) in [6.45, 7) is 0. The average Bonchev–Trinajstić information content (AvgIpc) is 2.72. The lowest BCUT2D eigenvalue weighted by Gasteiger charge is -2.14. The molecule has 8 heteroatoms. The second kappa shape index (κ2) is 9.31. The number of carbonyl (C=O) groups excluding carboxylic acids is 1. The van der Waals surface area contributed by atoms with Gasteiger partial charge >= 0.3 is 5.97 Å². The van der Waals surface area contributed by atoms with Crippen molar-refractivity contribution >= 4 is 18.0 Å². The minimum absolute atomic E-state index is 0.140.